The van der Waals surface area contributed by atoms with Crippen molar-refractivity contribution in [2.24, 2.45) is 0 Å². The van der Waals surface area contributed by atoms with Crippen LogP contribution in [0.2, 0.25) is 0 Å². The van der Waals surface area contributed by atoms with Crippen LogP contribution in [0.25, 0.3) is 0 Å². The molecule has 0 aliphatic carbocycles. The maximum absolute atomic E-state index is 11.9. The fraction of sp³-hybridized carbons (Fsp3) is 0.278. The molecule has 2 N–H and O–H groups in total. The van der Waals surface area contributed by atoms with E-state index in [1.54, 1.807) is 0 Å². The summed E-state index contributed by atoms with van der Waals surface area (Å²) in [4.78, 5) is 11.9. The van der Waals surface area contributed by atoms with E-state index in [9.17, 15) is 4.79 Å². The van der Waals surface area contributed by atoms with Crippen molar-refractivity contribution in [3.63, 3.8) is 0 Å². The predicted octanol–water partition coefficient (Wildman–Crippen LogP) is 3.92. The van der Waals surface area contributed by atoms with Crippen molar-refractivity contribution in [3.8, 4) is 5.75 Å². The number of nitrogens with one attached hydrogen (secondary N) is 2. The minimum absolute atomic E-state index is 0.0884. The summed E-state index contributed by atoms with van der Waals surface area (Å²) in [5.74, 6) is 0.692. The van der Waals surface area contributed by atoms with Crippen molar-refractivity contribution in [1.29, 1.82) is 0 Å². The van der Waals surface area contributed by atoms with Gasteiger partial charge in [-0.2, -0.15) is 0 Å². The topological polar surface area (TPSA) is 50.4 Å². The normalized spacial score (nSPS) is 10.0. The average molecular weight is 298 g/mol. The summed E-state index contributed by atoms with van der Waals surface area (Å²) in [7, 11) is 0. The molecular formula is C18H22N2O2. The highest BCUT2D eigenvalue weighted by Gasteiger charge is 2.03. The van der Waals surface area contributed by atoms with Crippen LogP contribution in [0.4, 0.5) is 11.4 Å². The van der Waals surface area contributed by atoms with Gasteiger partial charge in [-0.3, -0.25) is 4.79 Å². The second-order valence-electron chi connectivity index (χ2n) is 5.00. The van der Waals surface area contributed by atoms with Gasteiger partial charge in [-0.1, -0.05) is 37.6 Å². The van der Waals surface area contributed by atoms with Crippen molar-refractivity contribution in [3.05, 3.63) is 54.6 Å². The molecule has 0 spiro atoms. The summed E-state index contributed by atoms with van der Waals surface area (Å²) >= 11 is 0. The number of rotatable bonds is 8. The molecule has 0 saturated carbocycles. The second-order valence-corrected chi connectivity index (χ2v) is 5.00. The van der Waals surface area contributed by atoms with E-state index in [0.717, 1.165) is 30.0 Å². The molecule has 0 aliphatic rings. The van der Waals surface area contributed by atoms with Crippen molar-refractivity contribution >= 4 is 17.3 Å². The monoisotopic (exact) mass is 298 g/mol. The molecule has 0 bridgehead atoms. The number of unbranched alkanes of at least 4 members (excludes halogenated alkanes) is 1. The number of carbonyl (C=O) groups is 1. The van der Waals surface area contributed by atoms with Crippen molar-refractivity contribution < 1.29 is 9.53 Å². The molecule has 2 aromatic carbocycles. The van der Waals surface area contributed by atoms with Gasteiger partial charge in [-0.05, 0) is 30.7 Å². The van der Waals surface area contributed by atoms with Crippen LogP contribution in [0.3, 0.4) is 0 Å². The highest BCUT2D eigenvalue weighted by Crippen LogP contribution is 2.17. The Hall–Kier alpha value is -2.49. The maximum atomic E-state index is 11.9. The van der Waals surface area contributed by atoms with Gasteiger partial charge in [-0.15, -0.1) is 0 Å². The average Bonchev–Trinajstić information content (AvgIpc) is 2.55. The van der Waals surface area contributed by atoms with Crippen LogP contribution in [0.1, 0.15) is 19.8 Å². The molecule has 0 radical (unpaired) electrons. The lowest BCUT2D eigenvalue weighted by Gasteiger charge is -2.10. The number of benzene rings is 2. The molecule has 2 aromatic rings. The van der Waals surface area contributed by atoms with Crippen LogP contribution in [0.15, 0.2) is 54.6 Å². The first-order valence-corrected chi connectivity index (χ1v) is 7.59. The molecule has 22 heavy (non-hydrogen) atoms. The van der Waals surface area contributed by atoms with Crippen LogP contribution in [-0.4, -0.2) is 19.1 Å². The summed E-state index contributed by atoms with van der Waals surface area (Å²) in [5, 5.41) is 5.94. The van der Waals surface area contributed by atoms with Gasteiger partial charge < -0.3 is 15.4 Å². The van der Waals surface area contributed by atoms with Gasteiger partial charge in [0.1, 0.15) is 5.75 Å². The zero-order valence-corrected chi connectivity index (χ0v) is 12.8. The van der Waals surface area contributed by atoms with Crippen LogP contribution in [0, 0.1) is 0 Å². The van der Waals surface area contributed by atoms with E-state index in [-0.39, 0.29) is 12.5 Å². The van der Waals surface area contributed by atoms with Gasteiger partial charge in [0, 0.05) is 17.4 Å². The van der Waals surface area contributed by atoms with Crippen molar-refractivity contribution in [1.82, 2.24) is 0 Å². The van der Waals surface area contributed by atoms with E-state index in [4.69, 9.17) is 4.74 Å². The Labute approximate surface area is 131 Å². The zero-order valence-electron chi connectivity index (χ0n) is 12.8. The second kappa shape index (κ2) is 8.72. The van der Waals surface area contributed by atoms with Gasteiger partial charge >= 0.3 is 0 Å². The summed E-state index contributed by atoms with van der Waals surface area (Å²) in [6, 6.07) is 17.1. The number of hydrogen-bond donors (Lipinski definition) is 2. The molecule has 0 unspecified atom stereocenters. The Bertz CT molecular complexity index is 585. The largest absolute Gasteiger partial charge is 0.494 e. The lowest BCUT2D eigenvalue weighted by molar-refractivity contribution is -0.114. The van der Waals surface area contributed by atoms with Gasteiger partial charge in [0.2, 0.25) is 5.91 Å². The molecule has 0 fully saturated rings. The minimum atomic E-state index is -0.0884. The first kappa shape index (κ1) is 15.9. The van der Waals surface area contributed by atoms with Crippen LogP contribution >= 0.6 is 0 Å². The number of ether oxygens (including phenoxy) is 1. The Balaban J connectivity index is 1.82. The molecule has 0 heterocycles. The molecule has 0 aromatic heterocycles. The SMILES string of the molecule is CCCCOc1cccc(NC(=O)CNc2ccccc2)c1. The highest BCUT2D eigenvalue weighted by atomic mass is 16.5. The molecule has 1 amide bonds. The molecule has 116 valence electrons. The Morgan fingerprint density at radius 3 is 2.59 bits per heavy atom. The Morgan fingerprint density at radius 1 is 1.05 bits per heavy atom. The Kier molecular flexibility index (Phi) is 6.30. The maximum Gasteiger partial charge on any atom is 0.243 e. The molecule has 2 rings (SSSR count). The van der Waals surface area contributed by atoms with E-state index in [0.29, 0.717) is 6.61 Å². The van der Waals surface area contributed by atoms with Crippen LogP contribution < -0.4 is 15.4 Å². The number of anilines is 2. The first-order valence-electron chi connectivity index (χ1n) is 7.59. The van der Waals surface area contributed by atoms with Gasteiger partial charge in [0.25, 0.3) is 0 Å². The third kappa shape index (κ3) is 5.48. The number of hydrogen-bond acceptors (Lipinski definition) is 3. The zero-order chi connectivity index (χ0) is 15.6. The fourth-order valence-electron chi connectivity index (χ4n) is 1.94. The summed E-state index contributed by atoms with van der Waals surface area (Å²) in [5.41, 5.74) is 1.67. The molecule has 0 atom stereocenters. The standard InChI is InChI=1S/C18H22N2O2/c1-2-3-12-22-17-11-7-10-16(13-17)20-18(21)14-19-15-8-5-4-6-9-15/h4-11,13,19H,2-3,12,14H2,1H3,(H,20,21). The summed E-state index contributed by atoms with van der Waals surface area (Å²) in [6.07, 6.45) is 2.12. The molecular weight excluding hydrogens is 276 g/mol. The number of para-hydroxylation sites is 1. The summed E-state index contributed by atoms with van der Waals surface area (Å²) in [6.45, 7) is 3.05. The first-order chi connectivity index (χ1) is 10.8. The summed E-state index contributed by atoms with van der Waals surface area (Å²) < 4.78 is 5.63. The fourth-order valence-corrected chi connectivity index (χ4v) is 1.94. The minimum Gasteiger partial charge on any atom is -0.494 e. The van der Waals surface area contributed by atoms with Gasteiger partial charge in [0.05, 0.1) is 13.2 Å². The van der Waals surface area contributed by atoms with Gasteiger partial charge in [-0.25, -0.2) is 0 Å². The lowest BCUT2D eigenvalue weighted by Crippen LogP contribution is -2.21. The number of carbonyl (C=O) groups excluding carboxylic acids is 1. The third-order valence-electron chi connectivity index (χ3n) is 3.11. The molecule has 0 aliphatic heterocycles. The molecule has 4 nitrogen and oxygen atoms in total. The Morgan fingerprint density at radius 2 is 1.82 bits per heavy atom. The predicted molar refractivity (Wildman–Crippen MR) is 90.4 cm³/mol. The van der Waals surface area contributed by atoms with E-state index in [1.807, 2.05) is 54.6 Å². The van der Waals surface area contributed by atoms with Crippen LogP contribution in [0.5, 0.6) is 5.75 Å². The van der Waals surface area contributed by atoms with E-state index < -0.39 is 0 Å². The van der Waals surface area contributed by atoms with E-state index >= 15 is 0 Å². The quantitative estimate of drug-likeness (QED) is 0.726. The smallest absolute Gasteiger partial charge is 0.243 e. The van der Waals surface area contributed by atoms with Crippen molar-refractivity contribution in [2.75, 3.05) is 23.8 Å². The van der Waals surface area contributed by atoms with Gasteiger partial charge in [0.15, 0.2) is 0 Å². The lowest BCUT2D eigenvalue weighted by atomic mass is 10.3. The number of amides is 1. The van der Waals surface area contributed by atoms with E-state index in [2.05, 4.69) is 17.6 Å². The molecule has 0 saturated heterocycles. The van der Waals surface area contributed by atoms with Crippen molar-refractivity contribution in [2.45, 2.75) is 19.8 Å². The highest BCUT2D eigenvalue weighted by molar-refractivity contribution is 5.93. The third-order valence-corrected chi connectivity index (χ3v) is 3.11. The van der Waals surface area contributed by atoms with Crippen LogP contribution in [-0.2, 0) is 4.79 Å². The van der Waals surface area contributed by atoms with E-state index in [1.165, 1.54) is 0 Å². The molecule has 4 heteroatoms.